The first-order valence-corrected chi connectivity index (χ1v) is 9.30. The number of carbonyl (C=O) groups is 1. The number of aromatic nitrogens is 4. The number of benzene rings is 1. The van der Waals surface area contributed by atoms with Gasteiger partial charge < -0.3 is 19.7 Å². The maximum atomic E-state index is 14.4. The molecule has 10 nitrogen and oxygen atoms in total. The molecule has 11 heteroatoms. The number of nitrogens with zero attached hydrogens (tertiary/aromatic N) is 5. The number of rotatable bonds is 5. The predicted octanol–water partition coefficient (Wildman–Crippen LogP) is 2.70. The predicted molar refractivity (Wildman–Crippen MR) is 105 cm³/mol. The van der Waals surface area contributed by atoms with Crippen molar-refractivity contribution in [3.8, 4) is 11.8 Å². The third-order valence-electron chi connectivity index (χ3n) is 4.13. The summed E-state index contributed by atoms with van der Waals surface area (Å²) in [4.78, 5) is 13.8. The molecule has 1 fully saturated rings. The summed E-state index contributed by atoms with van der Waals surface area (Å²) in [6.07, 6.45) is 1.12. The van der Waals surface area contributed by atoms with Gasteiger partial charge in [0.2, 0.25) is 5.82 Å². The molecule has 0 radical (unpaired) electrons. The molecule has 30 heavy (non-hydrogen) atoms. The standard InChI is InChI=1S/C19H22FN7O3/c1-19(2,3)30-18(28)27-8-7-13(11-27)29-15-6-4-5-14(20)16(15)22-10-12(9-21)17-23-25-26-24-17/h4-6,10,13,22H,7-8,11H2,1-3H3,(H,23,24,25,26). The van der Waals surface area contributed by atoms with E-state index < -0.39 is 17.5 Å². The van der Waals surface area contributed by atoms with Gasteiger partial charge in [-0.05, 0) is 38.1 Å². The number of allylic oxidation sites excluding steroid dienone is 1. The van der Waals surface area contributed by atoms with Gasteiger partial charge in [0.15, 0.2) is 0 Å². The highest BCUT2D eigenvalue weighted by atomic mass is 19.1. The highest BCUT2D eigenvalue weighted by molar-refractivity contribution is 5.75. The Balaban J connectivity index is 1.70. The van der Waals surface area contributed by atoms with E-state index in [1.165, 1.54) is 18.3 Å². The number of halogens is 1. The van der Waals surface area contributed by atoms with Crippen molar-refractivity contribution in [2.24, 2.45) is 0 Å². The van der Waals surface area contributed by atoms with Crippen molar-refractivity contribution < 1.29 is 18.7 Å². The van der Waals surface area contributed by atoms with Crippen LogP contribution in [0.3, 0.4) is 0 Å². The van der Waals surface area contributed by atoms with E-state index in [0.717, 1.165) is 0 Å². The number of hydrogen-bond donors (Lipinski definition) is 2. The molecule has 1 aliphatic heterocycles. The van der Waals surface area contributed by atoms with Gasteiger partial charge >= 0.3 is 6.09 Å². The molecule has 1 saturated heterocycles. The summed E-state index contributed by atoms with van der Waals surface area (Å²) in [5.74, 6) is -0.226. The molecule has 158 valence electrons. The second-order valence-corrected chi connectivity index (χ2v) is 7.62. The molecule has 3 rings (SSSR count). The number of tetrazole rings is 1. The Bertz CT molecular complexity index is 963. The van der Waals surface area contributed by atoms with Crippen molar-refractivity contribution in [1.29, 1.82) is 5.26 Å². The maximum Gasteiger partial charge on any atom is 0.410 e. The molecular weight excluding hydrogens is 393 g/mol. The van der Waals surface area contributed by atoms with Crippen LogP contribution in [0.25, 0.3) is 5.57 Å². The number of H-pyrrole nitrogens is 1. The first kappa shape index (κ1) is 21.0. The zero-order chi connectivity index (χ0) is 21.7. The fourth-order valence-corrected chi connectivity index (χ4v) is 2.81. The molecule has 1 amide bonds. The summed E-state index contributed by atoms with van der Waals surface area (Å²) in [6.45, 7) is 6.21. The smallest absolute Gasteiger partial charge is 0.410 e. The molecule has 0 bridgehead atoms. The van der Waals surface area contributed by atoms with E-state index in [1.807, 2.05) is 6.07 Å². The van der Waals surface area contributed by atoms with Crippen LogP contribution >= 0.6 is 0 Å². The van der Waals surface area contributed by atoms with Crippen LogP contribution in [0.5, 0.6) is 5.75 Å². The average molecular weight is 415 g/mol. The van der Waals surface area contributed by atoms with Crippen LogP contribution in [0.2, 0.25) is 0 Å². The van der Waals surface area contributed by atoms with Crippen LogP contribution in [-0.4, -0.2) is 56.4 Å². The Kier molecular flexibility index (Phi) is 6.15. The third kappa shape index (κ3) is 5.22. The zero-order valence-electron chi connectivity index (χ0n) is 16.8. The number of para-hydroxylation sites is 1. The molecule has 1 unspecified atom stereocenters. The van der Waals surface area contributed by atoms with Gasteiger partial charge in [-0.25, -0.2) is 9.18 Å². The molecule has 1 atom stereocenters. The van der Waals surface area contributed by atoms with Crippen molar-refractivity contribution in [3.63, 3.8) is 0 Å². The van der Waals surface area contributed by atoms with Gasteiger partial charge in [0.25, 0.3) is 0 Å². The van der Waals surface area contributed by atoms with E-state index in [1.54, 1.807) is 31.7 Å². The van der Waals surface area contributed by atoms with Gasteiger partial charge in [0, 0.05) is 19.2 Å². The second-order valence-electron chi connectivity index (χ2n) is 7.62. The van der Waals surface area contributed by atoms with E-state index in [-0.39, 0.29) is 28.9 Å². The molecule has 1 aliphatic rings. The summed E-state index contributed by atoms with van der Waals surface area (Å²) >= 11 is 0. The fraction of sp³-hybridized carbons (Fsp3) is 0.421. The Hall–Kier alpha value is -3.68. The number of ether oxygens (including phenoxy) is 2. The van der Waals surface area contributed by atoms with Gasteiger partial charge in [-0.1, -0.05) is 6.07 Å². The lowest BCUT2D eigenvalue weighted by atomic mass is 10.2. The fourth-order valence-electron chi connectivity index (χ4n) is 2.81. The first-order chi connectivity index (χ1) is 14.3. The van der Waals surface area contributed by atoms with Crippen LogP contribution < -0.4 is 10.1 Å². The van der Waals surface area contributed by atoms with Gasteiger partial charge in [0.05, 0.1) is 6.54 Å². The van der Waals surface area contributed by atoms with E-state index in [4.69, 9.17) is 9.47 Å². The number of hydrogen-bond acceptors (Lipinski definition) is 8. The monoisotopic (exact) mass is 415 g/mol. The zero-order valence-corrected chi connectivity index (χ0v) is 16.8. The maximum absolute atomic E-state index is 14.4. The van der Waals surface area contributed by atoms with Crippen molar-refractivity contribution in [2.45, 2.75) is 38.9 Å². The van der Waals surface area contributed by atoms with Crippen LogP contribution in [0.1, 0.15) is 33.0 Å². The Morgan fingerprint density at radius 2 is 2.27 bits per heavy atom. The van der Waals surface area contributed by atoms with Crippen molar-refractivity contribution in [3.05, 3.63) is 36.0 Å². The van der Waals surface area contributed by atoms with E-state index in [2.05, 4.69) is 25.9 Å². The Morgan fingerprint density at radius 3 is 2.93 bits per heavy atom. The highest BCUT2D eigenvalue weighted by Gasteiger charge is 2.31. The van der Waals surface area contributed by atoms with Gasteiger partial charge in [-0.3, -0.25) is 0 Å². The summed E-state index contributed by atoms with van der Waals surface area (Å²) in [7, 11) is 0. The van der Waals surface area contributed by atoms with Crippen LogP contribution in [-0.2, 0) is 4.74 Å². The van der Waals surface area contributed by atoms with Gasteiger partial charge in [0.1, 0.15) is 40.6 Å². The molecule has 1 aromatic carbocycles. The minimum Gasteiger partial charge on any atom is -0.486 e. The van der Waals surface area contributed by atoms with E-state index in [9.17, 15) is 14.4 Å². The molecule has 0 spiro atoms. The number of anilines is 1. The number of nitrogens with one attached hydrogen (secondary N) is 2. The molecule has 1 aromatic heterocycles. The van der Waals surface area contributed by atoms with Crippen LogP contribution in [0, 0.1) is 17.1 Å². The highest BCUT2D eigenvalue weighted by Crippen LogP contribution is 2.30. The minimum atomic E-state index is -0.584. The average Bonchev–Trinajstić information content (AvgIpc) is 3.35. The number of likely N-dealkylation sites (tertiary alicyclic amines) is 1. The second kappa shape index (κ2) is 8.77. The van der Waals surface area contributed by atoms with E-state index >= 15 is 0 Å². The van der Waals surface area contributed by atoms with Gasteiger partial charge in [-0.15, -0.1) is 10.2 Å². The van der Waals surface area contributed by atoms with Crippen molar-refractivity contribution in [1.82, 2.24) is 25.5 Å². The largest absolute Gasteiger partial charge is 0.486 e. The molecule has 2 aromatic rings. The Morgan fingerprint density at radius 1 is 1.47 bits per heavy atom. The summed E-state index contributed by atoms with van der Waals surface area (Å²) < 4.78 is 25.7. The van der Waals surface area contributed by atoms with Crippen molar-refractivity contribution in [2.75, 3.05) is 18.4 Å². The molecule has 0 saturated carbocycles. The summed E-state index contributed by atoms with van der Waals surface area (Å²) in [5.41, 5.74) is -0.460. The normalized spacial score (nSPS) is 16.8. The summed E-state index contributed by atoms with van der Waals surface area (Å²) in [6, 6.07) is 6.31. The lowest BCUT2D eigenvalue weighted by Gasteiger charge is -2.24. The Labute approximate surface area is 172 Å². The molecule has 2 heterocycles. The van der Waals surface area contributed by atoms with Crippen LogP contribution in [0.15, 0.2) is 24.4 Å². The molecule has 2 N–H and O–H groups in total. The molecule has 0 aliphatic carbocycles. The summed E-state index contributed by atoms with van der Waals surface area (Å²) in [5, 5.41) is 25.1. The van der Waals surface area contributed by atoms with Gasteiger partial charge in [-0.2, -0.15) is 10.5 Å². The number of amides is 1. The third-order valence-corrected chi connectivity index (χ3v) is 4.13. The SMILES string of the molecule is CC(C)(C)OC(=O)N1CCC(Oc2cccc(F)c2NC=C(C#N)c2nn[nH]n2)C1. The lowest BCUT2D eigenvalue weighted by Crippen LogP contribution is -2.36. The lowest BCUT2D eigenvalue weighted by molar-refractivity contribution is 0.0276. The first-order valence-electron chi connectivity index (χ1n) is 9.30. The molecular formula is C19H22FN7O3. The number of nitriles is 1. The van der Waals surface area contributed by atoms with E-state index in [0.29, 0.717) is 19.5 Å². The quantitative estimate of drug-likeness (QED) is 0.713. The number of aromatic amines is 1. The topological polar surface area (TPSA) is 129 Å². The minimum absolute atomic E-state index is 0.0597. The van der Waals surface area contributed by atoms with Crippen molar-refractivity contribution >= 4 is 17.4 Å². The van der Waals surface area contributed by atoms with Crippen LogP contribution in [0.4, 0.5) is 14.9 Å². The number of carbonyl (C=O) groups excluding carboxylic acids is 1.